The van der Waals surface area contributed by atoms with E-state index in [1.54, 1.807) is 7.05 Å². The minimum absolute atomic E-state index is 0. The molecule has 0 saturated carbocycles. The van der Waals surface area contributed by atoms with Crippen LogP contribution in [0.2, 0.25) is 0 Å². The van der Waals surface area contributed by atoms with Gasteiger partial charge >= 0.3 is 0 Å². The lowest BCUT2D eigenvalue weighted by molar-refractivity contribution is 0.152. The van der Waals surface area contributed by atoms with Gasteiger partial charge in [-0.05, 0) is 19.1 Å². The Balaban J connectivity index is 0.00000242. The van der Waals surface area contributed by atoms with Crippen molar-refractivity contribution in [2.45, 2.75) is 13.5 Å². The second-order valence-electron chi connectivity index (χ2n) is 4.63. The molecule has 0 saturated heterocycles. The van der Waals surface area contributed by atoms with Crippen molar-refractivity contribution in [3.63, 3.8) is 0 Å². The number of aliphatic imine (C=N–C) groups is 1. The summed E-state index contributed by atoms with van der Waals surface area (Å²) in [6.07, 6.45) is 0. The van der Waals surface area contributed by atoms with Crippen LogP contribution in [-0.2, 0) is 18.3 Å². The van der Waals surface area contributed by atoms with Crippen LogP contribution in [0.4, 0.5) is 0 Å². The van der Waals surface area contributed by atoms with Crippen LogP contribution in [0.1, 0.15) is 12.7 Å². The number of imidazole rings is 1. The molecule has 2 N–H and O–H groups in total. The molecular formula is C15H24IN5O. The Morgan fingerprint density at radius 3 is 2.77 bits per heavy atom. The molecule has 22 heavy (non-hydrogen) atoms. The highest BCUT2D eigenvalue weighted by molar-refractivity contribution is 14.0. The second kappa shape index (κ2) is 9.62. The van der Waals surface area contributed by atoms with Gasteiger partial charge in [0.2, 0.25) is 0 Å². The van der Waals surface area contributed by atoms with Gasteiger partial charge in [0, 0.05) is 27.2 Å². The summed E-state index contributed by atoms with van der Waals surface area (Å²) >= 11 is 0. The molecule has 0 fully saturated rings. The molecule has 0 amide bonds. The first-order valence-electron chi connectivity index (χ1n) is 7.18. The number of aromatic nitrogens is 2. The minimum atomic E-state index is 0. The molecule has 0 aliphatic heterocycles. The van der Waals surface area contributed by atoms with Crippen molar-refractivity contribution in [2.75, 3.05) is 26.8 Å². The Hall–Kier alpha value is -1.35. The van der Waals surface area contributed by atoms with Gasteiger partial charge in [0.1, 0.15) is 5.82 Å². The van der Waals surface area contributed by atoms with Gasteiger partial charge in [-0.3, -0.25) is 4.99 Å². The molecule has 0 bridgehead atoms. The second-order valence-corrected chi connectivity index (χ2v) is 4.63. The van der Waals surface area contributed by atoms with Crippen LogP contribution in [-0.4, -0.2) is 42.3 Å². The van der Waals surface area contributed by atoms with Crippen LogP contribution < -0.4 is 10.6 Å². The maximum absolute atomic E-state index is 5.29. The first-order valence-corrected chi connectivity index (χ1v) is 7.18. The number of ether oxygens (including phenoxy) is 1. The number of aryl methyl sites for hydroxylation is 1. The molecule has 0 aliphatic rings. The van der Waals surface area contributed by atoms with E-state index in [1.807, 2.05) is 32.2 Å². The first-order chi connectivity index (χ1) is 10.3. The van der Waals surface area contributed by atoms with E-state index in [4.69, 9.17) is 4.74 Å². The summed E-state index contributed by atoms with van der Waals surface area (Å²) in [4.78, 5) is 8.81. The lowest BCUT2D eigenvalue weighted by atomic mass is 10.3. The number of benzene rings is 1. The molecule has 0 spiro atoms. The van der Waals surface area contributed by atoms with Gasteiger partial charge in [-0.25, -0.2) is 4.98 Å². The van der Waals surface area contributed by atoms with E-state index in [2.05, 4.69) is 31.2 Å². The highest BCUT2D eigenvalue weighted by atomic mass is 127. The summed E-state index contributed by atoms with van der Waals surface area (Å²) in [5.74, 6) is 1.73. The van der Waals surface area contributed by atoms with E-state index in [-0.39, 0.29) is 24.0 Å². The fourth-order valence-corrected chi connectivity index (χ4v) is 2.12. The number of halogens is 1. The van der Waals surface area contributed by atoms with Gasteiger partial charge in [-0.15, -0.1) is 24.0 Å². The van der Waals surface area contributed by atoms with Crippen LogP contribution in [0, 0.1) is 0 Å². The summed E-state index contributed by atoms with van der Waals surface area (Å²) in [5.41, 5.74) is 2.14. The smallest absolute Gasteiger partial charge is 0.191 e. The van der Waals surface area contributed by atoms with Gasteiger partial charge < -0.3 is 19.9 Å². The monoisotopic (exact) mass is 417 g/mol. The molecule has 1 heterocycles. The largest absolute Gasteiger partial charge is 0.380 e. The fraction of sp³-hybridized carbons (Fsp3) is 0.467. The predicted octanol–water partition coefficient (Wildman–Crippen LogP) is 1.89. The van der Waals surface area contributed by atoms with Crippen LogP contribution in [0.3, 0.4) is 0 Å². The summed E-state index contributed by atoms with van der Waals surface area (Å²) in [7, 11) is 3.78. The molecular weight excluding hydrogens is 393 g/mol. The first kappa shape index (κ1) is 18.7. The van der Waals surface area contributed by atoms with Gasteiger partial charge in [-0.2, -0.15) is 0 Å². The van der Waals surface area contributed by atoms with Gasteiger partial charge in [0.05, 0.1) is 24.2 Å². The Morgan fingerprint density at radius 1 is 1.32 bits per heavy atom. The van der Waals surface area contributed by atoms with E-state index in [9.17, 15) is 0 Å². The van der Waals surface area contributed by atoms with Crippen molar-refractivity contribution >= 4 is 41.0 Å². The Kier molecular flexibility index (Phi) is 8.18. The summed E-state index contributed by atoms with van der Waals surface area (Å²) < 4.78 is 7.38. The summed E-state index contributed by atoms with van der Waals surface area (Å²) in [5, 5.41) is 6.47. The average Bonchev–Trinajstić information content (AvgIpc) is 2.83. The third-order valence-corrected chi connectivity index (χ3v) is 3.26. The zero-order valence-electron chi connectivity index (χ0n) is 13.3. The number of hydrogen-bond donors (Lipinski definition) is 2. The number of para-hydroxylation sites is 2. The molecule has 0 unspecified atom stereocenters. The zero-order valence-corrected chi connectivity index (χ0v) is 15.6. The molecule has 0 aliphatic carbocycles. The highest BCUT2D eigenvalue weighted by Gasteiger charge is 2.07. The van der Waals surface area contributed by atoms with E-state index in [0.717, 1.165) is 36.0 Å². The van der Waals surface area contributed by atoms with Crippen LogP contribution >= 0.6 is 24.0 Å². The Bertz CT molecular complexity index is 611. The number of fused-ring (bicyclic) bond motifs is 1. The number of hydrogen-bond acceptors (Lipinski definition) is 3. The number of nitrogens with one attached hydrogen (secondary N) is 2. The van der Waals surface area contributed by atoms with Crippen LogP contribution in [0.25, 0.3) is 11.0 Å². The van der Waals surface area contributed by atoms with Crippen molar-refractivity contribution in [1.82, 2.24) is 20.2 Å². The van der Waals surface area contributed by atoms with E-state index in [0.29, 0.717) is 13.2 Å². The van der Waals surface area contributed by atoms with Crippen molar-refractivity contribution < 1.29 is 4.74 Å². The quantitative estimate of drug-likeness (QED) is 0.326. The molecule has 0 radical (unpaired) electrons. The normalized spacial score (nSPS) is 11.3. The van der Waals surface area contributed by atoms with Gasteiger partial charge in [-0.1, -0.05) is 12.1 Å². The molecule has 2 rings (SSSR count). The molecule has 2 aromatic rings. The SMILES string of the molecule is CCOCCNC(=NC)NCc1nc2ccccc2n1C.I. The molecule has 7 heteroatoms. The topological polar surface area (TPSA) is 63.5 Å². The third-order valence-electron chi connectivity index (χ3n) is 3.26. The highest BCUT2D eigenvalue weighted by Crippen LogP contribution is 2.13. The fourth-order valence-electron chi connectivity index (χ4n) is 2.12. The molecule has 0 atom stereocenters. The van der Waals surface area contributed by atoms with Crippen LogP contribution in [0.15, 0.2) is 29.3 Å². The van der Waals surface area contributed by atoms with Crippen LogP contribution in [0.5, 0.6) is 0 Å². The van der Waals surface area contributed by atoms with Crippen molar-refractivity contribution in [2.24, 2.45) is 12.0 Å². The maximum Gasteiger partial charge on any atom is 0.191 e. The van der Waals surface area contributed by atoms with Gasteiger partial charge in [0.15, 0.2) is 5.96 Å². The summed E-state index contributed by atoms with van der Waals surface area (Å²) in [6.45, 7) is 4.74. The lowest BCUT2D eigenvalue weighted by Gasteiger charge is -2.11. The predicted molar refractivity (Wildman–Crippen MR) is 101 cm³/mol. The number of guanidine groups is 1. The van der Waals surface area contributed by atoms with Crippen molar-refractivity contribution in [3.05, 3.63) is 30.1 Å². The summed E-state index contributed by atoms with van der Waals surface area (Å²) in [6, 6.07) is 8.12. The number of rotatable bonds is 6. The maximum atomic E-state index is 5.29. The molecule has 1 aromatic carbocycles. The third kappa shape index (κ3) is 4.84. The number of nitrogens with zero attached hydrogens (tertiary/aromatic N) is 3. The Morgan fingerprint density at radius 2 is 2.09 bits per heavy atom. The van der Waals surface area contributed by atoms with Gasteiger partial charge in [0.25, 0.3) is 0 Å². The zero-order chi connectivity index (χ0) is 15.1. The lowest BCUT2D eigenvalue weighted by Crippen LogP contribution is -2.39. The van der Waals surface area contributed by atoms with E-state index >= 15 is 0 Å². The minimum Gasteiger partial charge on any atom is -0.380 e. The van der Waals surface area contributed by atoms with Crippen molar-refractivity contribution in [1.29, 1.82) is 0 Å². The molecule has 6 nitrogen and oxygen atoms in total. The molecule has 122 valence electrons. The molecule has 1 aromatic heterocycles. The average molecular weight is 417 g/mol. The van der Waals surface area contributed by atoms with E-state index < -0.39 is 0 Å². The standard InChI is InChI=1S/C15H23N5O.HI/c1-4-21-10-9-17-15(16-2)18-11-14-19-12-7-5-6-8-13(12)20(14)3;/h5-8H,4,9-11H2,1-3H3,(H2,16,17,18);1H. The van der Waals surface area contributed by atoms with Crippen molar-refractivity contribution in [3.8, 4) is 0 Å². The van der Waals surface area contributed by atoms with E-state index in [1.165, 1.54) is 0 Å². The Labute approximate surface area is 148 Å².